The first kappa shape index (κ1) is 22.7. The van der Waals surface area contributed by atoms with Crippen LogP contribution in [0.3, 0.4) is 0 Å². The van der Waals surface area contributed by atoms with Crippen LogP contribution in [0.2, 0.25) is 0 Å². The van der Waals surface area contributed by atoms with Crippen LogP contribution in [0.25, 0.3) is 11.4 Å². The maximum absolute atomic E-state index is 13.5. The highest BCUT2D eigenvalue weighted by Gasteiger charge is 2.35. The zero-order chi connectivity index (χ0) is 24.0. The molecule has 1 amide bonds. The van der Waals surface area contributed by atoms with Crippen molar-refractivity contribution in [2.24, 2.45) is 0 Å². The van der Waals surface area contributed by atoms with Crippen molar-refractivity contribution in [1.82, 2.24) is 14.4 Å². The zero-order valence-electron chi connectivity index (χ0n) is 18.9. The van der Waals surface area contributed by atoms with E-state index in [0.29, 0.717) is 37.3 Å². The van der Waals surface area contributed by atoms with Crippen molar-refractivity contribution >= 4 is 21.6 Å². The lowest BCUT2D eigenvalue weighted by atomic mass is 10.00. The molecule has 0 spiro atoms. The van der Waals surface area contributed by atoms with Gasteiger partial charge >= 0.3 is 0 Å². The van der Waals surface area contributed by atoms with Crippen LogP contribution in [-0.4, -0.2) is 47.9 Å². The fraction of sp³-hybridized carbons (Fsp3) is 0.375. The highest BCUT2D eigenvalue weighted by molar-refractivity contribution is 7.89. The molecule has 0 N–H and O–H groups in total. The van der Waals surface area contributed by atoms with E-state index >= 15 is 0 Å². The van der Waals surface area contributed by atoms with Crippen LogP contribution in [0.5, 0.6) is 0 Å². The molecule has 0 aliphatic carbocycles. The van der Waals surface area contributed by atoms with Crippen molar-refractivity contribution in [1.29, 1.82) is 0 Å². The molecule has 1 saturated heterocycles. The smallest absolute Gasteiger partial charge is 0.243 e. The third-order valence-corrected chi connectivity index (χ3v) is 8.36. The van der Waals surface area contributed by atoms with Gasteiger partial charge in [0.05, 0.1) is 10.8 Å². The number of sulfonamides is 1. The molecule has 3 aromatic rings. The number of halogens is 1. The Labute approximate surface area is 197 Å². The molecular formula is C24H25FN4O4S. The van der Waals surface area contributed by atoms with Crippen molar-refractivity contribution in [3.05, 3.63) is 59.7 Å². The summed E-state index contributed by atoms with van der Waals surface area (Å²) in [5.41, 5.74) is 2.13. The number of nitrogens with zero attached hydrogens (tertiary/aromatic N) is 4. The van der Waals surface area contributed by atoms with Gasteiger partial charge in [-0.05, 0) is 62.1 Å². The van der Waals surface area contributed by atoms with Gasteiger partial charge in [0.2, 0.25) is 27.6 Å². The average Bonchev–Trinajstić information content (AvgIpc) is 3.43. The van der Waals surface area contributed by atoms with E-state index in [1.165, 1.54) is 23.4 Å². The molecule has 34 heavy (non-hydrogen) atoms. The number of hydrogen-bond acceptors (Lipinski definition) is 6. The molecule has 2 aliphatic heterocycles. The van der Waals surface area contributed by atoms with Crippen molar-refractivity contribution in [2.45, 2.75) is 50.0 Å². The topological polar surface area (TPSA) is 96.6 Å². The summed E-state index contributed by atoms with van der Waals surface area (Å²) in [6.45, 7) is 4.09. The van der Waals surface area contributed by atoms with E-state index in [1.807, 2.05) is 6.92 Å². The largest absolute Gasteiger partial charge is 0.339 e. The SMILES string of the molecule is CC(=O)N1c2ccc(S(=O)(=O)N3CCCC(c4nc(-c5cccc(F)c5)no4)C3)cc2CC1C. The van der Waals surface area contributed by atoms with Gasteiger partial charge in [0.1, 0.15) is 5.82 Å². The number of rotatable bonds is 4. The van der Waals surface area contributed by atoms with E-state index in [4.69, 9.17) is 4.52 Å². The molecule has 0 bridgehead atoms. The fourth-order valence-corrected chi connectivity index (χ4v) is 6.48. The minimum Gasteiger partial charge on any atom is -0.339 e. The lowest BCUT2D eigenvalue weighted by Gasteiger charge is -2.30. The van der Waals surface area contributed by atoms with Crippen LogP contribution in [0.4, 0.5) is 10.1 Å². The zero-order valence-corrected chi connectivity index (χ0v) is 19.8. The third-order valence-electron chi connectivity index (χ3n) is 6.50. The van der Waals surface area contributed by atoms with Crippen LogP contribution in [0.15, 0.2) is 51.9 Å². The summed E-state index contributed by atoms with van der Waals surface area (Å²) in [6.07, 6.45) is 1.99. The van der Waals surface area contributed by atoms with Gasteiger partial charge in [-0.1, -0.05) is 17.3 Å². The molecule has 0 saturated carbocycles. The monoisotopic (exact) mass is 484 g/mol. The van der Waals surface area contributed by atoms with Crippen LogP contribution in [0.1, 0.15) is 44.1 Å². The molecule has 2 unspecified atom stereocenters. The molecule has 178 valence electrons. The Morgan fingerprint density at radius 1 is 1.21 bits per heavy atom. The maximum atomic E-state index is 13.5. The van der Waals surface area contributed by atoms with E-state index in [0.717, 1.165) is 11.3 Å². The predicted molar refractivity (Wildman–Crippen MR) is 123 cm³/mol. The Morgan fingerprint density at radius 2 is 2.03 bits per heavy atom. The molecule has 3 heterocycles. The summed E-state index contributed by atoms with van der Waals surface area (Å²) in [4.78, 5) is 18.3. The number of carbonyl (C=O) groups excluding carboxylic acids is 1. The van der Waals surface area contributed by atoms with Crippen LogP contribution in [-0.2, 0) is 21.2 Å². The lowest BCUT2D eigenvalue weighted by molar-refractivity contribution is -0.116. The summed E-state index contributed by atoms with van der Waals surface area (Å²) < 4.78 is 47.4. The van der Waals surface area contributed by atoms with Gasteiger partial charge in [0, 0.05) is 37.3 Å². The molecular weight excluding hydrogens is 459 g/mol. The standard InChI is InChI=1S/C24H25FN4O4S/c1-15-11-19-13-21(8-9-22(19)29(15)16(2)30)34(31,32)28-10-4-6-18(14-28)24-26-23(27-33-24)17-5-3-7-20(25)12-17/h3,5,7-9,12-13,15,18H,4,6,10-11,14H2,1-2H3. The Morgan fingerprint density at radius 3 is 2.79 bits per heavy atom. The molecule has 10 heteroatoms. The van der Waals surface area contributed by atoms with E-state index in [2.05, 4.69) is 10.1 Å². The summed E-state index contributed by atoms with van der Waals surface area (Å²) in [7, 11) is -3.74. The highest BCUT2D eigenvalue weighted by atomic mass is 32.2. The second-order valence-electron chi connectivity index (χ2n) is 8.90. The number of hydrogen-bond donors (Lipinski definition) is 0. The average molecular weight is 485 g/mol. The van der Waals surface area contributed by atoms with Gasteiger partial charge in [0.25, 0.3) is 0 Å². The van der Waals surface area contributed by atoms with Crippen molar-refractivity contribution in [3.63, 3.8) is 0 Å². The first-order chi connectivity index (χ1) is 16.2. The van der Waals surface area contributed by atoms with Gasteiger partial charge in [0.15, 0.2) is 0 Å². The van der Waals surface area contributed by atoms with Crippen LogP contribution in [0, 0.1) is 5.82 Å². The van der Waals surface area contributed by atoms with Crippen LogP contribution >= 0.6 is 0 Å². The molecule has 5 rings (SSSR count). The number of piperidine rings is 1. The molecule has 2 aliphatic rings. The number of aromatic nitrogens is 2. The molecule has 0 radical (unpaired) electrons. The van der Waals surface area contributed by atoms with Crippen LogP contribution < -0.4 is 4.90 Å². The quantitative estimate of drug-likeness (QED) is 0.560. The molecule has 8 nitrogen and oxygen atoms in total. The van der Waals surface area contributed by atoms with Crippen molar-refractivity contribution in [2.75, 3.05) is 18.0 Å². The summed E-state index contributed by atoms with van der Waals surface area (Å²) in [5, 5.41) is 3.96. The number of carbonyl (C=O) groups is 1. The normalized spacial score (nSPS) is 21.0. The summed E-state index contributed by atoms with van der Waals surface area (Å²) in [6, 6.07) is 10.9. The molecule has 1 fully saturated rings. The van der Waals surface area contributed by atoms with E-state index in [-0.39, 0.29) is 35.1 Å². The van der Waals surface area contributed by atoms with Gasteiger partial charge in [-0.25, -0.2) is 12.8 Å². The Kier molecular flexibility index (Phi) is 5.73. The second-order valence-corrected chi connectivity index (χ2v) is 10.8. The van der Waals surface area contributed by atoms with Gasteiger partial charge in [-0.2, -0.15) is 9.29 Å². The molecule has 2 aromatic carbocycles. The van der Waals surface area contributed by atoms with E-state index < -0.39 is 15.8 Å². The van der Waals surface area contributed by atoms with Gasteiger partial charge < -0.3 is 9.42 Å². The van der Waals surface area contributed by atoms with Crippen molar-refractivity contribution in [3.8, 4) is 11.4 Å². The first-order valence-corrected chi connectivity index (χ1v) is 12.7. The minimum absolute atomic E-state index is 0.00497. The minimum atomic E-state index is -3.74. The number of fused-ring (bicyclic) bond motifs is 1. The Bertz CT molecular complexity index is 1360. The summed E-state index contributed by atoms with van der Waals surface area (Å²) >= 11 is 0. The van der Waals surface area contributed by atoms with Gasteiger partial charge in [-0.3, -0.25) is 4.79 Å². The molecule has 2 atom stereocenters. The van der Waals surface area contributed by atoms with E-state index in [9.17, 15) is 17.6 Å². The Balaban J connectivity index is 1.37. The van der Waals surface area contributed by atoms with E-state index in [1.54, 1.807) is 35.2 Å². The Hall–Kier alpha value is -3.11. The number of amides is 1. The third kappa shape index (κ3) is 4.01. The number of benzene rings is 2. The van der Waals surface area contributed by atoms with Crippen molar-refractivity contribution < 1.29 is 22.1 Å². The fourth-order valence-electron chi connectivity index (χ4n) is 4.91. The lowest BCUT2D eigenvalue weighted by Crippen LogP contribution is -2.39. The number of anilines is 1. The van der Waals surface area contributed by atoms with Gasteiger partial charge in [-0.15, -0.1) is 0 Å². The maximum Gasteiger partial charge on any atom is 0.243 e. The predicted octanol–water partition coefficient (Wildman–Crippen LogP) is 3.74. The molecule has 1 aromatic heterocycles. The summed E-state index contributed by atoms with van der Waals surface area (Å²) in [5.74, 6) is -0.0795. The first-order valence-electron chi connectivity index (χ1n) is 11.3. The second kappa shape index (κ2) is 8.59. The highest BCUT2D eigenvalue weighted by Crippen LogP contribution is 2.36.